The molecule has 0 bridgehead atoms. The third-order valence-electron chi connectivity index (χ3n) is 2.80. The second-order valence-electron chi connectivity index (χ2n) is 4.12. The molecule has 96 valence electrons. The molecule has 0 fully saturated rings. The average Bonchev–Trinajstić information content (AvgIpc) is 2.90. The lowest BCUT2D eigenvalue weighted by atomic mass is 10.1. The second kappa shape index (κ2) is 6.02. The summed E-state index contributed by atoms with van der Waals surface area (Å²) < 4.78 is 12.8. The highest BCUT2D eigenvalue weighted by molar-refractivity contribution is 7.09. The van der Waals surface area contributed by atoms with E-state index in [0.29, 0.717) is 0 Å². The van der Waals surface area contributed by atoms with Crippen LogP contribution in [0.15, 0.2) is 29.9 Å². The number of pyridine rings is 1. The van der Waals surface area contributed by atoms with Crippen molar-refractivity contribution in [1.29, 1.82) is 0 Å². The highest BCUT2D eigenvalue weighted by Crippen LogP contribution is 2.22. The van der Waals surface area contributed by atoms with E-state index in [4.69, 9.17) is 0 Å². The van der Waals surface area contributed by atoms with Crippen LogP contribution in [-0.4, -0.2) is 9.97 Å². The summed E-state index contributed by atoms with van der Waals surface area (Å²) in [5.41, 5.74) is 0.839. The highest BCUT2D eigenvalue weighted by atomic mass is 32.1. The van der Waals surface area contributed by atoms with Crippen LogP contribution >= 0.6 is 11.3 Å². The lowest BCUT2D eigenvalue weighted by Gasteiger charge is -2.20. The van der Waals surface area contributed by atoms with E-state index in [1.54, 1.807) is 17.4 Å². The predicted molar refractivity (Wildman–Crippen MR) is 70.9 cm³/mol. The molecule has 0 aliphatic carbocycles. The molecule has 2 aromatic heterocycles. The number of rotatable bonds is 5. The number of halogens is 1. The molecule has 1 N–H and O–H groups in total. The Morgan fingerprint density at radius 1 is 1.39 bits per heavy atom. The Morgan fingerprint density at radius 3 is 2.78 bits per heavy atom. The van der Waals surface area contributed by atoms with Crippen LogP contribution in [0.25, 0.3) is 0 Å². The maximum atomic E-state index is 12.8. The molecule has 2 unspecified atom stereocenters. The van der Waals surface area contributed by atoms with Gasteiger partial charge in [-0.3, -0.25) is 10.3 Å². The topological polar surface area (TPSA) is 37.8 Å². The molecule has 0 saturated carbocycles. The molecule has 0 spiro atoms. The monoisotopic (exact) mass is 265 g/mol. The second-order valence-corrected chi connectivity index (χ2v) is 5.05. The van der Waals surface area contributed by atoms with Gasteiger partial charge in [0.1, 0.15) is 10.8 Å². The molecule has 3 nitrogen and oxygen atoms in total. The molecule has 0 amide bonds. The normalized spacial score (nSPS) is 14.4. The molecule has 0 saturated heterocycles. The third kappa shape index (κ3) is 3.11. The minimum Gasteiger partial charge on any atom is -0.300 e. The molecule has 2 heterocycles. The average molecular weight is 265 g/mol. The van der Waals surface area contributed by atoms with Crippen molar-refractivity contribution in [3.05, 3.63) is 46.4 Å². The van der Waals surface area contributed by atoms with Crippen LogP contribution in [0.2, 0.25) is 0 Å². The molecular formula is C13H16FN3S. The summed E-state index contributed by atoms with van der Waals surface area (Å²) in [5, 5.41) is 6.52. The van der Waals surface area contributed by atoms with Crippen molar-refractivity contribution in [2.75, 3.05) is 0 Å². The first-order valence-corrected chi connectivity index (χ1v) is 6.85. The van der Waals surface area contributed by atoms with Gasteiger partial charge in [-0.05, 0) is 25.5 Å². The van der Waals surface area contributed by atoms with E-state index >= 15 is 0 Å². The van der Waals surface area contributed by atoms with Crippen LogP contribution in [0.4, 0.5) is 4.39 Å². The minimum atomic E-state index is -0.307. The van der Waals surface area contributed by atoms with Gasteiger partial charge >= 0.3 is 0 Å². The van der Waals surface area contributed by atoms with Gasteiger partial charge in [0, 0.05) is 17.6 Å². The predicted octanol–water partition coefficient (Wildman–Crippen LogP) is 3.48. The summed E-state index contributed by atoms with van der Waals surface area (Å²) in [6.45, 7) is 4.14. The fourth-order valence-corrected chi connectivity index (χ4v) is 2.58. The quantitative estimate of drug-likeness (QED) is 0.899. The molecule has 0 radical (unpaired) electrons. The molecule has 18 heavy (non-hydrogen) atoms. The van der Waals surface area contributed by atoms with Crippen molar-refractivity contribution in [2.24, 2.45) is 0 Å². The van der Waals surface area contributed by atoms with E-state index in [1.165, 1.54) is 12.3 Å². The van der Waals surface area contributed by atoms with Gasteiger partial charge in [-0.15, -0.1) is 11.3 Å². The van der Waals surface area contributed by atoms with E-state index < -0.39 is 0 Å². The van der Waals surface area contributed by atoms with E-state index in [0.717, 1.165) is 17.1 Å². The van der Waals surface area contributed by atoms with Crippen LogP contribution in [0.1, 0.15) is 43.1 Å². The van der Waals surface area contributed by atoms with Crippen molar-refractivity contribution >= 4 is 11.3 Å². The first kappa shape index (κ1) is 13.1. The van der Waals surface area contributed by atoms with Crippen molar-refractivity contribution in [2.45, 2.75) is 32.4 Å². The van der Waals surface area contributed by atoms with E-state index in [1.807, 2.05) is 18.5 Å². The maximum Gasteiger partial charge on any atom is 0.141 e. The Bertz CT molecular complexity index is 469. The molecule has 0 aromatic carbocycles. The summed E-state index contributed by atoms with van der Waals surface area (Å²) in [5.74, 6) is -0.307. The standard InChI is InChI=1S/C13H16FN3S/c1-3-11(13-15-6-7-18-13)17-9(2)12-5-4-10(14)8-16-12/h4-9,11,17H,3H2,1-2H3. The minimum absolute atomic E-state index is 0.0689. The molecule has 2 atom stereocenters. The van der Waals surface area contributed by atoms with Crippen LogP contribution in [-0.2, 0) is 0 Å². The Kier molecular flexibility index (Phi) is 4.38. The van der Waals surface area contributed by atoms with Gasteiger partial charge in [-0.25, -0.2) is 9.37 Å². The lowest BCUT2D eigenvalue weighted by Crippen LogP contribution is -2.24. The zero-order valence-electron chi connectivity index (χ0n) is 10.4. The molecule has 2 rings (SSSR count). The van der Waals surface area contributed by atoms with E-state index in [2.05, 4.69) is 22.2 Å². The van der Waals surface area contributed by atoms with Gasteiger partial charge in [-0.1, -0.05) is 6.92 Å². The largest absolute Gasteiger partial charge is 0.300 e. The fourth-order valence-electron chi connectivity index (χ4n) is 1.80. The Morgan fingerprint density at radius 2 is 2.22 bits per heavy atom. The van der Waals surface area contributed by atoms with Crippen molar-refractivity contribution in [3.8, 4) is 0 Å². The smallest absolute Gasteiger partial charge is 0.141 e. The van der Waals surface area contributed by atoms with Crippen molar-refractivity contribution < 1.29 is 4.39 Å². The van der Waals surface area contributed by atoms with Crippen LogP contribution in [0.5, 0.6) is 0 Å². The number of nitrogens with one attached hydrogen (secondary N) is 1. The molecular weight excluding hydrogens is 249 g/mol. The first-order chi connectivity index (χ1) is 8.70. The fraction of sp³-hybridized carbons (Fsp3) is 0.385. The summed E-state index contributed by atoms with van der Waals surface area (Å²) in [6.07, 6.45) is 4.02. The van der Waals surface area contributed by atoms with Gasteiger partial charge in [0.25, 0.3) is 0 Å². The van der Waals surface area contributed by atoms with Crippen LogP contribution in [0.3, 0.4) is 0 Å². The summed E-state index contributed by atoms with van der Waals surface area (Å²) in [6, 6.07) is 3.43. The number of thiazole rings is 1. The third-order valence-corrected chi connectivity index (χ3v) is 3.69. The maximum absolute atomic E-state index is 12.8. The number of aromatic nitrogens is 2. The zero-order chi connectivity index (χ0) is 13.0. The Labute approximate surface area is 110 Å². The molecule has 0 aliphatic rings. The zero-order valence-corrected chi connectivity index (χ0v) is 11.2. The molecule has 0 aliphatic heterocycles. The van der Waals surface area contributed by atoms with Crippen molar-refractivity contribution in [3.63, 3.8) is 0 Å². The summed E-state index contributed by atoms with van der Waals surface area (Å²) in [4.78, 5) is 8.42. The van der Waals surface area contributed by atoms with Gasteiger partial charge in [-0.2, -0.15) is 0 Å². The lowest BCUT2D eigenvalue weighted by molar-refractivity contribution is 0.447. The molecule has 2 aromatic rings. The number of hydrogen-bond acceptors (Lipinski definition) is 4. The number of hydrogen-bond donors (Lipinski definition) is 1. The molecule has 5 heteroatoms. The van der Waals surface area contributed by atoms with Gasteiger partial charge < -0.3 is 0 Å². The van der Waals surface area contributed by atoms with E-state index in [9.17, 15) is 4.39 Å². The highest BCUT2D eigenvalue weighted by Gasteiger charge is 2.16. The summed E-state index contributed by atoms with van der Waals surface area (Å²) >= 11 is 1.64. The van der Waals surface area contributed by atoms with Gasteiger partial charge in [0.05, 0.1) is 17.9 Å². The van der Waals surface area contributed by atoms with E-state index in [-0.39, 0.29) is 17.9 Å². The summed E-state index contributed by atoms with van der Waals surface area (Å²) in [7, 11) is 0. The Hall–Kier alpha value is -1.33. The SMILES string of the molecule is CCC(NC(C)c1ccc(F)cn1)c1nccs1. The van der Waals surface area contributed by atoms with Gasteiger partial charge in [0.2, 0.25) is 0 Å². The van der Waals surface area contributed by atoms with Crippen LogP contribution in [0, 0.1) is 5.82 Å². The first-order valence-electron chi connectivity index (χ1n) is 5.97. The van der Waals surface area contributed by atoms with Crippen molar-refractivity contribution in [1.82, 2.24) is 15.3 Å². The van der Waals surface area contributed by atoms with Crippen LogP contribution < -0.4 is 5.32 Å². The van der Waals surface area contributed by atoms with Gasteiger partial charge in [0.15, 0.2) is 0 Å². The Balaban J connectivity index is 2.05. The number of nitrogens with zero attached hydrogens (tertiary/aromatic N) is 2.